The zero-order chi connectivity index (χ0) is 23.1. The SMILES string of the molecule is OCCC1CO[C@H]2[C@@H]1OC[C@H]2Oc1nc2nc(-c3ccc(-c4ccccc4)cc3)c(Cl)cc2[nH]1. The molecule has 4 heterocycles. The van der Waals surface area contributed by atoms with Crippen LogP contribution in [0.25, 0.3) is 33.5 Å². The molecule has 0 bridgehead atoms. The number of pyridine rings is 1. The van der Waals surface area contributed by atoms with E-state index in [1.165, 1.54) is 0 Å². The second-order valence-corrected chi connectivity index (χ2v) is 9.11. The molecule has 2 aliphatic heterocycles. The van der Waals surface area contributed by atoms with Crippen LogP contribution < -0.4 is 4.74 Å². The second kappa shape index (κ2) is 9.00. The number of hydrogen-bond donors (Lipinski definition) is 2. The first-order valence-corrected chi connectivity index (χ1v) is 11.8. The van der Waals surface area contributed by atoms with Crippen molar-refractivity contribution in [2.75, 3.05) is 19.8 Å². The molecule has 0 aliphatic carbocycles. The molecular formula is C26H24ClN3O4. The van der Waals surface area contributed by atoms with Crippen LogP contribution in [-0.2, 0) is 9.47 Å². The summed E-state index contributed by atoms with van der Waals surface area (Å²) >= 11 is 6.58. The van der Waals surface area contributed by atoms with Gasteiger partial charge in [0.15, 0.2) is 11.8 Å². The van der Waals surface area contributed by atoms with Crippen LogP contribution in [-0.4, -0.2) is 58.2 Å². The van der Waals surface area contributed by atoms with E-state index in [-0.39, 0.29) is 30.8 Å². The van der Waals surface area contributed by atoms with Gasteiger partial charge in [0.05, 0.1) is 35.6 Å². The fourth-order valence-corrected chi connectivity index (χ4v) is 5.07. The molecule has 0 saturated carbocycles. The molecule has 1 unspecified atom stereocenters. The van der Waals surface area contributed by atoms with Gasteiger partial charge in [0.25, 0.3) is 6.01 Å². The number of halogens is 1. The number of aliphatic hydroxyl groups is 1. The van der Waals surface area contributed by atoms with E-state index in [4.69, 9.17) is 30.8 Å². The number of aromatic nitrogens is 3. The Hall–Kier alpha value is -2.97. The van der Waals surface area contributed by atoms with Gasteiger partial charge in [-0.2, -0.15) is 4.98 Å². The molecule has 4 atom stereocenters. The van der Waals surface area contributed by atoms with Crippen molar-refractivity contribution in [2.45, 2.75) is 24.7 Å². The summed E-state index contributed by atoms with van der Waals surface area (Å²) < 4.78 is 17.9. The van der Waals surface area contributed by atoms with Gasteiger partial charge >= 0.3 is 0 Å². The van der Waals surface area contributed by atoms with Crippen LogP contribution in [0.1, 0.15) is 6.42 Å². The first kappa shape index (κ1) is 21.6. The lowest BCUT2D eigenvalue weighted by Crippen LogP contribution is -2.33. The minimum atomic E-state index is -0.269. The van der Waals surface area contributed by atoms with Crippen molar-refractivity contribution < 1.29 is 19.3 Å². The van der Waals surface area contributed by atoms with Crippen molar-refractivity contribution in [1.82, 2.24) is 15.0 Å². The zero-order valence-corrected chi connectivity index (χ0v) is 19.1. The Morgan fingerprint density at radius 3 is 2.47 bits per heavy atom. The van der Waals surface area contributed by atoms with Crippen molar-refractivity contribution >= 4 is 22.8 Å². The predicted octanol–water partition coefficient (Wildman–Crippen LogP) is 4.49. The Balaban J connectivity index is 1.22. The number of aromatic amines is 1. The Kier molecular flexibility index (Phi) is 5.71. The summed E-state index contributed by atoms with van der Waals surface area (Å²) in [6.45, 7) is 1.11. The third-order valence-corrected chi connectivity index (χ3v) is 6.83. The first-order chi connectivity index (χ1) is 16.7. The zero-order valence-electron chi connectivity index (χ0n) is 18.4. The quantitative estimate of drug-likeness (QED) is 0.425. The molecule has 2 aromatic heterocycles. The number of hydrogen-bond acceptors (Lipinski definition) is 6. The van der Waals surface area contributed by atoms with E-state index in [0.717, 1.165) is 16.7 Å². The maximum Gasteiger partial charge on any atom is 0.296 e. The molecule has 2 N–H and O–H groups in total. The maximum absolute atomic E-state index is 9.25. The topological polar surface area (TPSA) is 89.5 Å². The Bertz CT molecular complexity index is 1290. The van der Waals surface area contributed by atoms with Crippen LogP contribution in [0.2, 0.25) is 5.02 Å². The van der Waals surface area contributed by atoms with Gasteiger partial charge in [0.1, 0.15) is 6.10 Å². The molecule has 2 aromatic carbocycles. The summed E-state index contributed by atoms with van der Waals surface area (Å²) in [6.07, 6.45) is 0.171. The average Bonchev–Trinajstić information content (AvgIpc) is 3.56. The third kappa shape index (κ3) is 3.95. The lowest BCUT2D eigenvalue weighted by Gasteiger charge is -2.16. The van der Waals surface area contributed by atoms with Crippen molar-refractivity contribution in [3.63, 3.8) is 0 Å². The number of rotatable bonds is 6. The standard InChI is InChI=1S/C26H24ClN3O4/c27-19-12-20-25(29-22(19)17-8-6-16(7-9-17)15-4-2-1-3-5-15)30-26(28-20)34-21-14-33-23-18(10-11-31)13-32-24(21)23/h1-9,12,18,21,23-24,31H,10-11,13-14H2,(H,28,29,30)/t18?,21-,23-,24-/m1/s1. The largest absolute Gasteiger partial charge is 0.456 e. The van der Waals surface area contributed by atoms with Crippen LogP contribution in [0.15, 0.2) is 60.7 Å². The summed E-state index contributed by atoms with van der Waals surface area (Å²) in [6, 6.07) is 20.6. The predicted molar refractivity (Wildman–Crippen MR) is 129 cm³/mol. The summed E-state index contributed by atoms with van der Waals surface area (Å²) in [5, 5.41) is 9.78. The normalized spacial score (nSPS) is 23.9. The molecule has 174 valence electrons. The number of nitrogens with zero attached hydrogens (tertiary/aromatic N) is 2. The van der Waals surface area contributed by atoms with E-state index in [1.54, 1.807) is 0 Å². The Morgan fingerprint density at radius 2 is 1.68 bits per heavy atom. The Labute approximate surface area is 201 Å². The fourth-order valence-electron chi connectivity index (χ4n) is 4.81. The highest BCUT2D eigenvalue weighted by atomic mass is 35.5. The lowest BCUT2D eigenvalue weighted by molar-refractivity contribution is 0.0252. The van der Waals surface area contributed by atoms with E-state index in [2.05, 4.69) is 34.2 Å². The molecule has 8 heteroatoms. The van der Waals surface area contributed by atoms with Crippen molar-refractivity contribution in [2.24, 2.45) is 5.92 Å². The van der Waals surface area contributed by atoms with Gasteiger partial charge in [-0.3, -0.25) is 0 Å². The number of aliphatic hydroxyl groups excluding tert-OH is 1. The van der Waals surface area contributed by atoms with Gasteiger partial charge in [-0.15, -0.1) is 0 Å². The minimum absolute atomic E-state index is 0.0560. The molecule has 2 fully saturated rings. The number of ether oxygens (including phenoxy) is 3. The first-order valence-electron chi connectivity index (χ1n) is 11.4. The van der Waals surface area contributed by atoms with Gasteiger partial charge in [0.2, 0.25) is 0 Å². The van der Waals surface area contributed by atoms with Crippen molar-refractivity contribution in [3.8, 4) is 28.4 Å². The van der Waals surface area contributed by atoms with Crippen LogP contribution in [0.5, 0.6) is 6.01 Å². The van der Waals surface area contributed by atoms with E-state index in [1.807, 2.05) is 36.4 Å². The summed E-state index contributed by atoms with van der Waals surface area (Å²) in [5.74, 6) is 0.190. The third-order valence-electron chi connectivity index (χ3n) is 6.54. The van der Waals surface area contributed by atoms with E-state index >= 15 is 0 Å². The van der Waals surface area contributed by atoms with Crippen LogP contribution in [0, 0.1) is 5.92 Å². The molecule has 4 aromatic rings. The average molecular weight is 478 g/mol. The van der Waals surface area contributed by atoms with Gasteiger partial charge in [0, 0.05) is 18.1 Å². The van der Waals surface area contributed by atoms with E-state index in [0.29, 0.717) is 47.5 Å². The van der Waals surface area contributed by atoms with Crippen LogP contribution >= 0.6 is 11.6 Å². The van der Waals surface area contributed by atoms with Gasteiger partial charge in [-0.05, 0) is 23.6 Å². The molecule has 2 saturated heterocycles. The molecule has 2 aliphatic rings. The minimum Gasteiger partial charge on any atom is -0.456 e. The summed E-state index contributed by atoms with van der Waals surface area (Å²) in [5.41, 5.74) is 5.10. The maximum atomic E-state index is 9.25. The molecule has 7 nitrogen and oxygen atoms in total. The number of nitrogens with one attached hydrogen (secondary N) is 1. The molecule has 6 rings (SSSR count). The number of fused-ring (bicyclic) bond motifs is 2. The lowest BCUT2D eigenvalue weighted by atomic mass is 9.98. The summed E-state index contributed by atoms with van der Waals surface area (Å²) in [4.78, 5) is 12.4. The van der Waals surface area contributed by atoms with E-state index < -0.39 is 0 Å². The number of benzene rings is 2. The molecular weight excluding hydrogens is 454 g/mol. The molecule has 34 heavy (non-hydrogen) atoms. The van der Waals surface area contributed by atoms with Gasteiger partial charge < -0.3 is 24.3 Å². The van der Waals surface area contributed by atoms with E-state index in [9.17, 15) is 5.11 Å². The van der Waals surface area contributed by atoms with Crippen LogP contribution in [0.3, 0.4) is 0 Å². The highest BCUT2D eigenvalue weighted by Gasteiger charge is 2.48. The Morgan fingerprint density at radius 1 is 0.941 bits per heavy atom. The second-order valence-electron chi connectivity index (χ2n) is 8.70. The molecule has 0 radical (unpaired) electrons. The smallest absolute Gasteiger partial charge is 0.296 e. The number of H-pyrrole nitrogens is 1. The number of imidazole rings is 1. The molecule has 0 amide bonds. The highest BCUT2D eigenvalue weighted by Crippen LogP contribution is 2.35. The fraction of sp³-hybridized carbons (Fsp3) is 0.308. The van der Waals surface area contributed by atoms with Crippen LogP contribution in [0.4, 0.5) is 0 Å². The summed E-state index contributed by atoms with van der Waals surface area (Å²) in [7, 11) is 0. The monoisotopic (exact) mass is 477 g/mol. The van der Waals surface area contributed by atoms with Crippen molar-refractivity contribution in [3.05, 3.63) is 65.7 Å². The van der Waals surface area contributed by atoms with Gasteiger partial charge in [-0.25, -0.2) is 4.98 Å². The van der Waals surface area contributed by atoms with Crippen molar-refractivity contribution in [1.29, 1.82) is 0 Å². The molecule has 0 spiro atoms. The highest BCUT2D eigenvalue weighted by molar-refractivity contribution is 6.33. The van der Waals surface area contributed by atoms with Gasteiger partial charge in [-0.1, -0.05) is 66.2 Å².